The summed E-state index contributed by atoms with van der Waals surface area (Å²) in [7, 11) is 0. The summed E-state index contributed by atoms with van der Waals surface area (Å²) in [5.74, 6) is -1.24. The van der Waals surface area contributed by atoms with Crippen LogP contribution in [0.3, 0.4) is 0 Å². The van der Waals surface area contributed by atoms with Gasteiger partial charge in [0.2, 0.25) is 0 Å². The van der Waals surface area contributed by atoms with Crippen molar-refractivity contribution in [1.29, 1.82) is 5.26 Å². The Labute approximate surface area is 125 Å². The maximum atomic E-state index is 11.8. The summed E-state index contributed by atoms with van der Waals surface area (Å²) in [4.78, 5) is 23.3. The normalized spacial score (nSPS) is 17.2. The molecule has 0 unspecified atom stereocenters. The van der Waals surface area contributed by atoms with E-state index in [2.05, 4.69) is 5.32 Å². The van der Waals surface area contributed by atoms with Gasteiger partial charge in [-0.2, -0.15) is 5.26 Å². The van der Waals surface area contributed by atoms with Crippen molar-refractivity contribution in [2.75, 3.05) is 0 Å². The highest BCUT2D eigenvalue weighted by Gasteiger charge is 2.27. The molecule has 0 spiro atoms. The van der Waals surface area contributed by atoms with Crippen LogP contribution in [0.2, 0.25) is 10.0 Å². The fourth-order valence-electron chi connectivity index (χ4n) is 1.79. The van der Waals surface area contributed by atoms with Crippen LogP contribution in [0.25, 0.3) is 6.08 Å². The highest BCUT2D eigenvalue weighted by molar-refractivity contribution is 6.35. The van der Waals surface area contributed by atoms with Crippen LogP contribution in [-0.4, -0.2) is 11.8 Å². The summed E-state index contributed by atoms with van der Waals surface area (Å²) < 4.78 is 0. The van der Waals surface area contributed by atoms with E-state index in [1.54, 1.807) is 31.2 Å². The topological polar surface area (TPSA) is 70.0 Å². The number of amides is 2. The van der Waals surface area contributed by atoms with E-state index in [0.29, 0.717) is 21.2 Å². The van der Waals surface area contributed by atoms with Crippen molar-refractivity contribution < 1.29 is 9.59 Å². The molecule has 1 heterocycles. The Balaban J connectivity index is 2.58. The average Bonchev–Trinajstić information content (AvgIpc) is 2.37. The van der Waals surface area contributed by atoms with Gasteiger partial charge in [0.05, 0.1) is 0 Å². The lowest BCUT2D eigenvalue weighted by atomic mass is 9.95. The van der Waals surface area contributed by atoms with Crippen molar-refractivity contribution in [2.45, 2.75) is 6.92 Å². The van der Waals surface area contributed by atoms with Crippen molar-refractivity contribution in [3.8, 4) is 6.07 Å². The maximum absolute atomic E-state index is 11.8. The van der Waals surface area contributed by atoms with E-state index < -0.39 is 11.8 Å². The molecular weight excluding hydrogens is 299 g/mol. The number of nitrogens with zero attached hydrogens (tertiary/aromatic N) is 1. The Hall–Kier alpha value is -2.09. The fourth-order valence-corrected chi connectivity index (χ4v) is 2.25. The van der Waals surface area contributed by atoms with E-state index in [4.69, 9.17) is 28.5 Å². The average molecular weight is 307 g/mol. The lowest BCUT2D eigenvalue weighted by molar-refractivity contribution is -0.126. The molecule has 1 aliphatic rings. The third kappa shape index (κ3) is 2.60. The second-order valence-corrected chi connectivity index (χ2v) is 4.96. The van der Waals surface area contributed by atoms with Gasteiger partial charge in [0.1, 0.15) is 11.6 Å². The van der Waals surface area contributed by atoms with Gasteiger partial charge in [-0.1, -0.05) is 29.3 Å². The van der Waals surface area contributed by atoms with Gasteiger partial charge in [-0.15, -0.1) is 0 Å². The number of nitriles is 1. The number of hydrogen-bond acceptors (Lipinski definition) is 3. The molecule has 0 atom stereocenters. The number of imide groups is 1. The van der Waals surface area contributed by atoms with Crippen molar-refractivity contribution in [3.05, 3.63) is 50.5 Å². The van der Waals surface area contributed by atoms with Gasteiger partial charge in [-0.25, -0.2) is 0 Å². The highest BCUT2D eigenvalue weighted by Crippen LogP contribution is 2.27. The molecule has 0 fully saturated rings. The third-order valence-electron chi connectivity index (χ3n) is 2.85. The van der Waals surface area contributed by atoms with E-state index in [1.807, 2.05) is 0 Å². The summed E-state index contributed by atoms with van der Waals surface area (Å²) in [6.07, 6.45) is 1.52. The Morgan fingerprint density at radius 2 is 1.95 bits per heavy atom. The first kappa shape index (κ1) is 14.3. The number of hydrogen-bond donors (Lipinski definition) is 1. The zero-order valence-electron chi connectivity index (χ0n) is 10.3. The van der Waals surface area contributed by atoms with Crippen molar-refractivity contribution in [2.24, 2.45) is 0 Å². The predicted octanol–water partition coefficient (Wildman–Crippen LogP) is 2.87. The molecule has 1 aromatic rings. The quantitative estimate of drug-likeness (QED) is 0.640. The number of nitrogens with one attached hydrogen (secondary N) is 1. The predicted molar refractivity (Wildman–Crippen MR) is 75.9 cm³/mol. The smallest absolute Gasteiger partial charge is 0.269 e. The molecule has 1 aromatic carbocycles. The molecule has 6 heteroatoms. The van der Waals surface area contributed by atoms with Gasteiger partial charge in [0, 0.05) is 15.6 Å². The van der Waals surface area contributed by atoms with Gasteiger partial charge < -0.3 is 0 Å². The summed E-state index contributed by atoms with van der Waals surface area (Å²) in [6.45, 7) is 1.55. The van der Waals surface area contributed by atoms with Crippen LogP contribution in [0.5, 0.6) is 0 Å². The van der Waals surface area contributed by atoms with Gasteiger partial charge in [-0.3, -0.25) is 14.9 Å². The molecule has 0 aliphatic carbocycles. The summed E-state index contributed by atoms with van der Waals surface area (Å²) in [6, 6.07) is 6.62. The van der Waals surface area contributed by atoms with E-state index >= 15 is 0 Å². The minimum atomic E-state index is -0.686. The Morgan fingerprint density at radius 1 is 1.25 bits per heavy atom. The van der Waals surface area contributed by atoms with Crippen LogP contribution in [0, 0.1) is 11.3 Å². The molecule has 2 amide bonds. The number of carbonyl (C=O) groups excluding carboxylic acids is 2. The van der Waals surface area contributed by atoms with Crippen LogP contribution >= 0.6 is 23.2 Å². The monoisotopic (exact) mass is 306 g/mol. The van der Waals surface area contributed by atoms with Gasteiger partial charge in [0.15, 0.2) is 0 Å². The molecule has 1 N–H and O–H groups in total. The van der Waals surface area contributed by atoms with Crippen LogP contribution in [0.1, 0.15) is 12.5 Å². The van der Waals surface area contributed by atoms with Crippen molar-refractivity contribution in [1.82, 2.24) is 5.32 Å². The summed E-state index contributed by atoms with van der Waals surface area (Å²) in [5.41, 5.74) is 1.05. The van der Waals surface area contributed by atoms with E-state index in [-0.39, 0.29) is 11.1 Å². The molecular formula is C14H8Cl2N2O2. The highest BCUT2D eigenvalue weighted by atomic mass is 35.5. The summed E-state index contributed by atoms with van der Waals surface area (Å²) in [5, 5.41) is 11.9. The SMILES string of the molecule is CC1=C(C#N)C(=O)NC(=O)/C1=C\c1ccc(Cl)cc1Cl. The van der Waals surface area contributed by atoms with Crippen LogP contribution in [-0.2, 0) is 9.59 Å². The zero-order valence-corrected chi connectivity index (χ0v) is 11.8. The van der Waals surface area contributed by atoms with E-state index in [1.165, 1.54) is 6.08 Å². The lowest BCUT2D eigenvalue weighted by Crippen LogP contribution is -2.37. The zero-order chi connectivity index (χ0) is 14.9. The van der Waals surface area contributed by atoms with Crippen LogP contribution in [0.4, 0.5) is 0 Å². The first-order chi connectivity index (χ1) is 9.43. The van der Waals surface area contributed by atoms with Crippen molar-refractivity contribution >= 4 is 41.1 Å². The molecule has 0 saturated heterocycles. The number of halogens is 2. The molecule has 0 radical (unpaired) electrons. The summed E-state index contributed by atoms with van der Waals surface area (Å²) >= 11 is 11.8. The largest absolute Gasteiger partial charge is 0.288 e. The maximum Gasteiger partial charge on any atom is 0.269 e. The third-order valence-corrected chi connectivity index (χ3v) is 3.41. The lowest BCUT2D eigenvalue weighted by Gasteiger charge is -2.16. The van der Waals surface area contributed by atoms with Crippen molar-refractivity contribution in [3.63, 3.8) is 0 Å². The minimum Gasteiger partial charge on any atom is -0.288 e. The van der Waals surface area contributed by atoms with E-state index in [9.17, 15) is 9.59 Å². The van der Waals surface area contributed by atoms with Crippen LogP contribution in [0.15, 0.2) is 34.9 Å². The molecule has 0 bridgehead atoms. The molecule has 4 nitrogen and oxygen atoms in total. The minimum absolute atomic E-state index is 0.0825. The fraction of sp³-hybridized carbons (Fsp3) is 0.0714. The Morgan fingerprint density at radius 3 is 2.55 bits per heavy atom. The molecule has 20 heavy (non-hydrogen) atoms. The van der Waals surface area contributed by atoms with Crippen LogP contribution < -0.4 is 5.32 Å². The molecule has 100 valence electrons. The first-order valence-electron chi connectivity index (χ1n) is 5.58. The molecule has 2 rings (SSSR count). The molecule has 0 aromatic heterocycles. The van der Waals surface area contributed by atoms with Gasteiger partial charge >= 0.3 is 0 Å². The molecule has 1 aliphatic heterocycles. The standard InChI is InChI=1S/C14H8Cl2N2O2/c1-7-10(13(19)18-14(20)11(7)6-17)4-8-2-3-9(15)5-12(8)16/h2-5H,1H3,(H,18,19,20)/b10-4-. The molecule has 0 saturated carbocycles. The Bertz CT molecular complexity index is 727. The first-order valence-corrected chi connectivity index (χ1v) is 6.33. The van der Waals surface area contributed by atoms with Gasteiger partial charge in [-0.05, 0) is 36.3 Å². The second-order valence-electron chi connectivity index (χ2n) is 4.12. The van der Waals surface area contributed by atoms with Gasteiger partial charge in [0.25, 0.3) is 11.8 Å². The number of benzene rings is 1. The Kier molecular flexibility index (Phi) is 3.93. The number of carbonyl (C=O) groups is 2. The number of rotatable bonds is 1. The second kappa shape index (κ2) is 5.49. The van der Waals surface area contributed by atoms with E-state index in [0.717, 1.165) is 0 Å².